The van der Waals surface area contributed by atoms with Crippen molar-refractivity contribution in [1.82, 2.24) is 14.8 Å². The first-order valence-electron chi connectivity index (χ1n) is 8.50. The number of rotatable bonds is 6. The summed E-state index contributed by atoms with van der Waals surface area (Å²) in [5.74, 6) is 0.628. The number of carbonyl (C=O) groups is 1. The molecule has 3 aromatic rings. The fourth-order valence-electron chi connectivity index (χ4n) is 2.54. The molecule has 0 radical (unpaired) electrons. The summed E-state index contributed by atoms with van der Waals surface area (Å²) >= 11 is 19.3. The van der Waals surface area contributed by atoms with E-state index in [1.807, 2.05) is 54.9 Å². The number of benzene rings is 2. The Kier molecular flexibility index (Phi) is 6.95. The molecule has 152 valence electrons. The Morgan fingerprint density at radius 2 is 1.72 bits per heavy atom. The van der Waals surface area contributed by atoms with E-state index in [9.17, 15) is 4.79 Å². The Morgan fingerprint density at radius 3 is 2.38 bits per heavy atom. The molecule has 0 fully saturated rings. The van der Waals surface area contributed by atoms with Gasteiger partial charge in [-0.15, -0.1) is 10.2 Å². The Bertz CT molecular complexity index is 1040. The number of nitrogens with one attached hydrogen (secondary N) is 1. The summed E-state index contributed by atoms with van der Waals surface area (Å²) in [5, 5.41) is 12.8. The Labute approximate surface area is 188 Å². The van der Waals surface area contributed by atoms with Crippen LogP contribution in [0.2, 0.25) is 15.1 Å². The molecule has 1 heterocycles. The van der Waals surface area contributed by atoms with Gasteiger partial charge in [0, 0.05) is 32.4 Å². The van der Waals surface area contributed by atoms with Crippen molar-refractivity contribution in [2.24, 2.45) is 7.05 Å². The van der Waals surface area contributed by atoms with E-state index >= 15 is 0 Å². The van der Waals surface area contributed by atoms with Crippen molar-refractivity contribution in [3.05, 3.63) is 51.5 Å². The molecule has 0 aliphatic heterocycles. The van der Waals surface area contributed by atoms with Gasteiger partial charge in [0.1, 0.15) is 0 Å². The van der Waals surface area contributed by atoms with Crippen molar-refractivity contribution in [3.8, 4) is 11.4 Å². The lowest BCUT2D eigenvalue weighted by Gasteiger charge is -2.12. The molecule has 0 aliphatic rings. The third-order valence-electron chi connectivity index (χ3n) is 4.09. The zero-order chi connectivity index (χ0) is 21.1. The summed E-state index contributed by atoms with van der Waals surface area (Å²) in [4.78, 5) is 14.3. The van der Waals surface area contributed by atoms with E-state index in [-0.39, 0.29) is 11.7 Å². The van der Waals surface area contributed by atoms with Crippen LogP contribution in [-0.2, 0) is 11.8 Å². The Morgan fingerprint density at radius 1 is 1.07 bits per heavy atom. The summed E-state index contributed by atoms with van der Waals surface area (Å²) in [6, 6.07) is 11.0. The van der Waals surface area contributed by atoms with Gasteiger partial charge in [-0.05, 0) is 36.4 Å². The van der Waals surface area contributed by atoms with Crippen LogP contribution >= 0.6 is 46.6 Å². The Hall–Kier alpha value is -1.93. The first-order chi connectivity index (χ1) is 13.8. The number of hydrogen-bond donors (Lipinski definition) is 1. The van der Waals surface area contributed by atoms with Gasteiger partial charge in [0.15, 0.2) is 11.0 Å². The molecule has 1 aromatic heterocycles. The van der Waals surface area contributed by atoms with E-state index in [1.165, 1.54) is 23.9 Å². The topological polar surface area (TPSA) is 63.1 Å². The molecule has 6 nitrogen and oxygen atoms in total. The van der Waals surface area contributed by atoms with Crippen LogP contribution in [0.25, 0.3) is 11.4 Å². The quantitative estimate of drug-likeness (QED) is 0.394. The number of anilines is 2. The van der Waals surface area contributed by atoms with Crippen LogP contribution in [0.5, 0.6) is 0 Å². The number of hydrogen-bond acceptors (Lipinski definition) is 5. The number of thioether (sulfide) groups is 1. The Balaban J connectivity index is 1.66. The second kappa shape index (κ2) is 9.26. The third-order valence-corrected chi connectivity index (χ3v) is 6.15. The first-order valence-corrected chi connectivity index (χ1v) is 10.6. The second-order valence-electron chi connectivity index (χ2n) is 6.39. The fraction of sp³-hybridized carbons (Fsp3) is 0.211. The highest BCUT2D eigenvalue weighted by atomic mass is 35.5. The maximum Gasteiger partial charge on any atom is 0.234 e. The molecule has 0 saturated heterocycles. The molecule has 0 bridgehead atoms. The van der Waals surface area contributed by atoms with Crippen LogP contribution in [-0.4, -0.2) is 40.5 Å². The lowest BCUT2D eigenvalue weighted by atomic mass is 10.2. The van der Waals surface area contributed by atoms with Crippen molar-refractivity contribution in [2.75, 3.05) is 30.1 Å². The van der Waals surface area contributed by atoms with Gasteiger partial charge in [0.05, 0.1) is 26.5 Å². The molecule has 0 unspecified atom stereocenters. The van der Waals surface area contributed by atoms with Crippen molar-refractivity contribution in [3.63, 3.8) is 0 Å². The molecule has 1 amide bonds. The van der Waals surface area contributed by atoms with Crippen LogP contribution < -0.4 is 10.2 Å². The minimum atomic E-state index is -0.241. The third kappa shape index (κ3) is 5.17. The summed E-state index contributed by atoms with van der Waals surface area (Å²) in [7, 11) is 5.84. The maximum absolute atomic E-state index is 12.3. The van der Waals surface area contributed by atoms with E-state index < -0.39 is 0 Å². The number of carbonyl (C=O) groups excluding carboxylic acids is 1. The lowest BCUT2D eigenvalue weighted by Crippen LogP contribution is -2.14. The van der Waals surface area contributed by atoms with Gasteiger partial charge in [0.2, 0.25) is 5.91 Å². The minimum Gasteiger partial charge on any atom is -0.378 e. The van der Waals surface area contributed by atoms with Crippen LogP contribution in [0.1, 0.15) is 0 Å². The predicted molar refractivity (Wildman–Crippen MR) is 122 cm³/mol. The average Bonchev–Trinajstić information content (AvgIpc) is 3.05. The van der Waals surface area contributed by atoms with Gasteiger partial charge in [0.25, 0.3) is 0 Å². The zero-order valence-electron chi connectivity index (χ0n) is 15.9. The normalized spacial score (nSPS) is 10.8. The molecule has 0 spiro atoms. The molecule has 3 rings (SSSR count). The highest BCUT2D eigenvalue weighted by molar-refractivity contribution is 7.99. The maximum atomic E-state index is 12.3. The number of aromatic nitrogens is 3. The van der Waals surface area contributed by atoms with Gasteiger partial charge in [-0.25, -0.2) is 0 Å². The zero-order valence-corrected chi connectivity index (χ0v) is 19.0. The van der Waals surface area contributed by atoms with E-state index in [2.05, 4.69) is 15.5 Å². The highest BCUT2D eigenvalue weighted by Crippen LogP contribution is 2.32. The lowest BCUT2D eigenvalue weighted by molar-refractivity contribution is -0.113. The molecule has 0 atom stereocenters. The molecular weight excluding hydrogens is 453 g/mol. The number of amides is 1. The standard InChI is InChI=1S/C19H18Cl3N5OS/c1-26(2)12-6-4-11(5-7-12)18-24-25-19(27(18)3)29-10-17(28)23-16-9-14(21)13(20)8-15(16)22/h4-9H,10H2,1-3H3,(H,23,28). The predicted octanol–water partition coefficient (Wildman–Crippen LogP) is 5.24. The monoisotopic (exact) mass is 469 g/mol. The molecule has 0 aliphatic carbocycles. The van der Waals surface area contributed by atoms with Gasteiger partial charge < -0.3 is 14.8 Å². The van der Waals surface area contributed by atoms with Crippen molar-refractivity contribution < 1.29 is 4.79 Å². The second-order valence-corrected chi connectivity index (χ2v) is 8.55. The largest absolute Gasteiger partial charge is 0.378 e. The summed E-state index contributed by atoms with van der Waals surface area (Å²) in [6.07, 6.45) is 0. The average molecular weight is 471 g/mol. The first kappa shape index (κ1) is 21.8. The van der Waals surface area contributed by atoms with E-state index in [4.69, 9.17) is 34.8 Å². The summed E-state index contributed by atoms with van der Waals surface area (Å²) < 4.78 is 1.86. The van der Waals surface area contributed by atoms with Gasteiger partial charge in [-0.1, -0.05) is 46.6 Å². The molecule has 2 aromatic carbocycles. The van der Waals surface area contributed by atoms with Gasteiger partial charge in [-0.3, -0.25) is 4.79 Å². The van der Waals surface area contributed by atoms with Gasteiger partial charge in [-0.2, -0.15) is 0 Å². The van der Waals surface area contributed by atoms with E-state index in [1.54, 1.807) is 0 Å². The van der Waals surface area contributed by atoms with Crippen molar-refractivity contribution >= 4 is 63.8 Å². The molecule has 10 heteroatoms. The fourth-order valence-corrected chi connectivity index (χ4v) is 3.84. The summed E-state index contributed by atoms with van der Waals surface area (Å²) in [5.41, 5.74) is 2.46. The van der Waals surface area contributed by atoms with Gasteiger partial charge >= 0.3 is 0 Å². The van der Waals surface area contributed by atoms with Crippen LogP contribution in [0, 0.1) is 0 Å². The number of nitrogens with zero attached hydrogens (tertiary/aromatic N) is 4. The molecule has 1 N–H and O–H groups in total. The van der Waals surface area contributed by atoms with E-state index in [0.717, 1.165) is 17.1 Å². The smallest absolute Gasteiger partial charge is 0.234 e. The van der Waals surface area contributed by atoms with Crippen molar-refractivity contribution in [2.45, 2.75) is 5.16 Å². The van der Waals surface area contributed by atoms with Crippen molar-refractivity contribution in [1.29, 1.82) is 0 Å². The van der Waals surface area contributed by atoms with Crippen LogP contribution in [0.15, 0.2) is 41.6 Å². The number of halogens is 3. The molecular formula is C19H18Cl3N5OS. The van der Waals surface area contributed by atoms with E-state index in [0.29, 0.717) is 25.9 Å². The molecule has 29 heavy (non-hydrogen) atoms. The molecule has 0 saturated carbocycles. The SMILES string of the molecule is CN(C)c1ccc(-c2nnc(SCC(=O)Nc3cc(Cl)c(Cl)cc3Cl)n2C)cc1. The highest BCUT2D eigenvalue weighted by Gasteiger charge is 2.14. The van der Waals surface area contributed by atoms with Crippen LogP contribution in [0.4, 0.5) is 11.4 Å². The van der Waals surface area contributed by atoms with Crippen LogP contribution in [0.3, 0.4) is 0 Å². The minimum absolute atomic E-state index is 0.141. The summed E-state index contributed by atoms with van der Waals surface area (Å²) in [6.45, 7) is 0.